The van der Waals surface area contributed by atoms with E-state index in [4.69, 9.17) is 9.47 Å². The number of nitrogens with zero attached hydrogens (tertiary/aromatic N) is 4. The number of imidazole rings is 1. The van der Waals surface area contributed by atoms with Gasteiger partial charge in [-0.1, -0.05) is 38.7 Å². The Balaban J connectivity index is 1.77. The van der Waals surface area contributed by atoms with Gasteiger partial charge in [-0.3, -0.25) is 13.9 Å². The SMILES string of the molecule is CCCCCCCn1c(=O)c2c(nc(NCCc3ccc(OC)c(OC)c3)n2C)n(C)c1=O. The van der Waals surface area contributed by atoms with Gasteiger partial charge in [0, 0.05) is 27.2 Å². The number of aryl methyl sites for hydroxylation is 2. The van der Waals surface area contributed by atoms with Gasteiger partial charge in [-0.05, 0) is 30.5 Å². The fraction of sp³-hybridized carbons (Fsp3) is 0.542. The van der Waals surface area contributed by atoms with E-state index in [1.165, 1.54) is 15.6 Å². The zero-order valence-corrected chi connectivity index (χ0v) is 20.3. The van der Waals surface area contributed by atoms with E-state index in [2.05, 4.69) is 17.2 Å². The Kier molecular flexibility index (Phi) is 8.19. The van der Waals surface area contributed by atoms with E-state index in [1.54, 1.807) is 32.9 Å². The van der Waals surface area contributed by atoms with Crippen molar-refractivity contribution in [1.29, 1.82) is 0 Å². The van der Waals surface area contributed by atoms with Crippen molar-refractivity contribution in [1.82, 2.24) is 18.7 Å². The van der Waals surface area contributed by atoms with E-state index in [9.17, 15) is 9.59 Å². The van der Waals surface area contributed by atoms with E-state index in [1.807, 2.05) is 18.2 Å². The van der Waals surface area contributed by atoms with Crippen LogP contribution in [0.3, 0.4) is 0 Å². The highest BCUT2D eigenvalue weighted by molar-refractivity contribution is 5.74. The minimum atomic E-state index is -0.321. The molecule has 2 aromatic heterocycles. The number of fused-ring (bicyclic) bond motifs is 1. The summed E-state index contributed by atoms with van der Waals surface area (Å²) < 4.78 is 15.2. The molecule has 0 radical (unpaired) electrons. The number of aromatic nitrogens is 4. The monoisotopic (exact) mass is 457 g/mol. The Labute approximate surface area is 194 Å². The minimum absolute atomic E-state index is 0.286. The molecule has 1 aromatic carbocycles. The van der Waals surface area contributed by atoms with Gasteiger partial charge in [0.05, 0.1) is 14.2 Å². The van der Waals surface area contributed by atoms with Crippen molar-refractivity contribution in [3.63, 3.8) is 0 Å². The third-order valence-electron chi connectivity index (χ3n) is 5.99. The molecule has 0 amide bonds. The molecule has 0 saturated heterocycles. The maximum atomic E-state index is 13.1. The third-order valence-corrected chi connectivity index (χ3v) is 5.99. The molecule has 0 fully saturated rings. The van der Waals surface area contributed by atoms with Gasteiger partial charge in [-0.25, -0.2) is 4.79 Å². The molecule has 0 bridgehead atoms. The molecule has 0 unspecified atom stereocenters. The molecule has 2 heterocycles. The molecule has 3 rings (SSSR count). The van der Waals surface area contributed by atoms with Crippen LogP contribution in [0.2, 0.25) is 0 Å². The first kappa shape index (κ1) is 24.4. The number of hydrogen-bond donors (Lipinski definition) is 1. The van der Waals surface area contributed by atoms with Gasteiger partial charge < -0.3 is 19.4 Å². The Bertz CT molecular complexity index is 1210. The normalized spacial score (nSPS) is 11.2. The van der Waals surface area contributed by atoms with Gasteiger partial charge in [0.25, 0.3) is 5.56 Å². The summed E-state index contributed by atoms with van der Waals surface area (Å²) in [5.74, 6) is 1.92. The van der Waals surface area contributed by atoms with E-state index in [-0.39, 0.29) is 11.2 Å². The van der Waals surface area contributed by atoms with Crippen LogP contribution < -0.4 is 26.0 Å². The number of rotatable bonds is 12. The molecular formula is C24H35N5O4. The molecule has 0 saturated carbocycles. The second-order valence-corrected chi connectivity index (χ2v) is 8.25. The molecular weight excluding hydrogens is 422 g/mol. The molecule has 9 nitrogen and oxygen atoms in total. The maximum absolute atomic E-state index is 13.1. The van der Waals surface area contributed by atoms with Gasteiger partial charge in [0.2, 0.25) is 5.95 Å². The first-order chi connectivity index (χ1) is 15.9. The fourth-order valence-electron chi connectivity index (χ4n) is 4.03. The molecule has 180 valence electrons. The summed E-state index contributed by atoms with van der Waals surface area (Å²) in [5, 5.41) is 3.29. The van der Waals surface area contributed by atoms with E-state index < -0.39 is 0 Å². The van der Waals surface area contributed by atoms with Crippen molar-refractivity contribution in [2.24, 2.45) is 14.1 Å². The second-order valence-electron chi connectivity index (χ2n) is 8.25. The number of ether oxygens (including phenoxy) is 2. The van der Waals surface area contributed by atoms with Crippen molar-refractivity contribution in [2.75, 3.05) is 26.1 Å². The Morgan fingerprint density at radius 1 is 0.970 bits per heavy atom. The molecule has 0 atom stereocenters. The first-order valence-corrected chi connectivity index (χ1v) is 11.5. The predicted molar refractivity (Wildman–Crippen MR) is 131 cm³/mol. The molecule has 33 heavy (non-hydrogen) atoms. The predicted octanol–water partition coefficient (Wildman–Crippen LogP) is 3.08. The van der Waals surface area contributed by atoms with E-state index in [0.717, 1.165) is 37.7 Å². The van der Waals surface area contributed by atoms with Crippen LogP contribution in [0.1, 0.15) is 44.6 Å². The summed E-state index contributed by atoms with van der Waals surface area (Å²) in [6.45, 7) is 3.20. The Morgan fingerprint density at radius 2 is 1.70 bits per heavy atom. The molecule has 0 aliphatic rings. The lowest BCUT2D eigenvalue weighted by Gasteiger charge is -2.10. The third kappa shape index (κ3) is 5.23. The number of benzene rings is 1. The average Bonchev–Trinajstić information content (AvgIpc) is 3.15. The lowest BCUT2D eigenvalue weighted by Crippen LogP contribution is -2.39. The number of unbranched alkanes of at least 4 members (excludes halogenated alkanes) is 4. The van der Waals surface area contributed by atoms with Crippen molar-refractivity contribution >= 4 is 17.1 Å². The topological polar surface area (TPSA) is 92.3 Å². The molecule has 0 aliphatic carbocycles. The summed E-state index contributed by atoms with van der Waals surface area (Å²) in [6, 6.07) is 5.81. The van der Waals surface area contributed by atoms with Crippen LogP contribution in [0.15, 0.2) is 27.8 Å². The Hall–Kier alpha value is -3.23. The largest absolute Gasteiger partial charge is 0.493 e. The maximum Gasteiger partial charge on any atom is 0.332 e. The summed E-state index contributed by atoms with van der Waals surface area (Å²) in [6.07, 6.45) is 6.00. The quantitative estimate of drug-likeness (QED) is 0.420. The summed E-state index contributed by atoms with van der Waals surface area (Å²) in [7, 11) is 6.68. The Morgan fingerprint density at radius 3 is 2.39 bits per heavy atom. The molecule has 3 aromatic rings. The minimum Gasteiger partial charge on any atom is -0.493 e. The lowest BCUT2D eigenvalue weighted by atomic mass is 10.1. The van der Waals surface area contributed by atoms with E-state index >= 15 is 0 Å². The number of methoxy groups -OCH3 is 2. The van der Waals surface area contributed by atoms with Crippen LogP contribution >= 0.6 is 0 Å². The van der Waals surface area contributed by atoms with Crippen LogP contribution in [-0.2, 0) is 27.1 Å². The zero-order valence-electron chi connectivity index (χ0n) is 20.3. The van der Waals surface area contributed by atoms with Gasteiger partial charge in [-0.15, -0.1) is 0 Å². The number of hydrogen-bond acceptors (Lipinski definition) is 6. The van der Waals surface area contributed by atoms with Gasteiger partial charge in [-0.2, -0.15) is 4.98 Å². The van der Waals surface area contributed by atoms with Gasteiger partial charge in [0.1, 0.15) is 0 Å². The second kappa shape index (κ2) is 11.1. The van der Waals surface area contributed by atoms with Crippen LogP contribution in [0.25, 0.3) is 11.2 Å². The highest BCUT2D eigenvalue weighted by Gasteiger charge is 2.18. The average molecular weight is 458 g/mol. The lowest BCUT2D eigenvalue weighted by molar-refractivity contribution is 0.354. The molecule has 0 aliphatic heterocycles. The molecule has 1 N–H and O–H groups in total. The van der Waals surface area contributed by atoms with E-state index in [0.29, 0.717) is 41.7 Å². The zero-order chi connectivity index (χ0) is 24.0. The van der Waals surface area contributed by atoms with Crippen molar-refractivity contribution in [2.45, 2.75) is 52.0 Å². The summed E-state index contributed by atoms with van der Waals surface area (Å²) >= 11 is 0. The fourth-order valence-corrected chi connectivity index (χ4v) is 4.03. The van der Waals surface area contributed by atoms with Crippen LogP contribution in [-0.4, -0.2) is 39.4 Å². The first-order valence-electron chi connectivity index (χ1n) is 11.5. The van der Waals surface area contributed by atoms with Crippen molar-refractivity contribution < 1.29 is 9.47 Å². The summed E-state index contributed by atoms with van der Waals surface area (Å²) in [5.41, 5.74) is 1.30. The summed E-state index contributed by atoms with van der Waals surface area (Å²) in [4.78, 5) is 30.5. The van der Waals surface area contributed by atoms with Crippen LogP contribution in [0, 0.1) is 0 Å². The van der Waals surface area contributed by atoms with Crippen LogP contribution in [0.5, 0.6) is 11.5 Å². The van der Waals surface area contributed by atoms with Crippen LogP contribution in [0.4, 0.5) is 5.95 Å². The standard InChI is InChI=1S/C24H35N5O4/c1-6-7-8-9-10-15-29-22(30)20-21(28(3)24(29)31)26-23(27(20)2)25-14-13-17-11-12-18(32-4)19(16-17)33-5/h11-12,16H,6-10,13-15H2,1-5H3,(H,25,26). The highest BCUT2D eigenvalue weighted by Crippen LogP contribution is 2.27. The number of nitrogens with one attached hydrogen (secondary N) is 1. The smallest absolute Gasteiger partial charge is 0.332 e. The molecule has 9 heteroatoms. The van der Waals surface area contributed by atoms with Crippen molar-refractivity contribution in [3.05, 3.63) is 44.6 Å². The number of anilines is 1. The van der Waals surface area contributed by atoms with Gasteiger partial charge >= 0.3 is 5.69 Å². The highest BCUT2D eigenvalue weighted by atomic mass is 16.5. The van der Waals surface area contributed by atoms with Crippen molar-refractivity contribution in [3.8, 4) is 11.5 Å². The molecule has 0 spiro atoms. The van der Waals surface area contributed by atoms with Gasteiger partial charge in [0.15, 0.2) is 22.7 Å².